The van der Waals surface area contributed by atoms with Crippen LogP contribution in [0.25, 0.3) is 0 Å². The smallest absolute Gasteiger partial charge is 0.207 e. The average Bonchev–Trinajstić information content (AvgIpc) is 3.16. The molecular formula is C19H24N2O10S. The molecule has 12 nitrogen and oxygen atoms in total. The van der Waals surface area contributed by atoms with Crippen molar-refractivity contribution >= 4 is 45.4 Å². The number of nitrogens with one attached hydrogen (secondary N) is 1. The van der Waals surface area contributed by atoms with Gasteiger partial charge in [0.2, 0.25) is 11.2 Å². The number of aliphatic hydroxyl groups is 4. The number of ether oxygens (including phenoxy) is 1. The number of rotatable bonds is 8. The first-order chi connectivity index (χ1) is 14.6. The van der Waals surface area contributed by atoms with Gasteiger partial charge in [-0.1, -0.05) is 11.3 Å². The number of carbonyl (C=O) groups is 5. The second-order valence-electron chi connectivity index (χ2n) is 7.63. The molecule has 2 heterocycles. The molecule has 6 atom stereocenters. The molecule has 32 heavy (non-hydrogen) atoms. The van der Waals surface area contributed by atoms with Crippen molar-refractivity contribution in [3.8, 4) is 0 Å². The Morgan fingerprint density at radius 3 is 1.91 bits per heavy atom. The van der Waals surface area contributed by atoms with Crippen LogP contribution in [0.2, 0.25) is 0 Å². The summed E-state index contributed by atoms with van der Waals surface area (Å²) in [7, 11) is 0. The summed E-state index contributed by atoms with van der Waals surface area (Å²) in [6.45, 7) is 4.37. The Labute approximate surface area is 186 Å². The van der Waals surface area contributed by atoms with Crippen LogP contribution >= 0.6 is 11.3 Å². The summed E-state index contributed by atoms with van der Waals surface area (Å²) in [4.78, 5) is 65.1. The van der Waals surface area contributed by atoms with Gasteiger partial charge in [0, 0.05) is 6.92 Å². The van der Waals surface area contributed by atoms with Gasteiger partial charge in [0.1, 0.15) is 12.2 Å². The fraction of sp³-hybridized carbons (Fsp3) is 0.579. The molecule has 0 radical (unpaired) electrons. The molecule has 2 rings (SSSR count). The maximum Gasteiger partial charge on any atom is 0.207 e. The van der Waals surface area contributed by atoms with E-state index in [1.807, 2.05) is 0 Å². The summed E-state index contributed by atoms with van der Waals surface area (Å²) in [6, 6.07) is 0. The van der Waals surface area contributed by atoms with Gasteiger partial charge in [-0.25, -0.2) is 4.98 Å². The number of carbonyl (C=O) groups excluding carboxylic acids is 5. The van der Waals surface area contributed by atoms with E-state index in [0.29, 0.717) is 6.92 Å². The Kier molecular flexibility index (Phi) is 6.86. The number of aromatic nitrogens is 1. The number of ketones is 5. The molecule has 1 aliphatic rings. The van der Waals surface area contributed by atoms with E-state index in [4.69, 9.17) is 4.74 Å². The zero-order valence-corrected chi connectivity index (χ0v) is 18.7. The van der Waals surface area contributed by atoms with Gasteiger partial charge in [0.15, 0.2) is 45.9 Å². The van der Waals surface area contributed by atoms with E-state index in [9.17, 15) is 44.4 Å². The summed E-state index contributed by atoms with van der Waals surface area (Å²) in [6.07, 6.45) is -5.41. The van der Waals surface area contributed by atoms with Gasteiger partial charge in [-0.05, 0) is 27.7 Å². The molecule has 1 aromatic heterocycles. The predicted octanol–water partition coefficient (Wildman–Crippen LogP) is -1.61. The van der Waals surface area contributed by atoms with Crippen molar-refractivity contribution in [1.29, 1.82) is 0 Å². The van der Waals surface area contributed by atoms with Gasteiger partial charge in [-0.2, -0.15) is 0 Å². The quantitative estimate of drug-likeness (QED) is 0.272. The lowest BCUT2D eigenvalue weighted by atomic mass is 9.59. The molecule has 13 heteroatoms. The monoisotopic (exact) mass is 472 g/mol. The van der Waals surface area contributed by atoms with E-state index < -0.39 is 58.4 Å². The summed E-state index contributed by atoms with van der Waals surface area (Å²) in [5.74, 6) is -5.40. The topological polar surface area (TPSA) is 200 Å². The summed E-state index contributed by atoms with van der Waals surface area (Å²) in [5.41, 5.74) is -10.2. The maximum atomic E-state index is 12.6. The van der Waals surface area contributed by atoms with E-state index in [0.717, 1.165) is 32.1 Å². The molecule has 0 amide bonds. The number of hydrogen-bond acceptors (Lipinski definition) is 13. The summed E-state index contributed by atoms with van der Waals surface area (Å²) >= 11 is 0.778. The van der Waals surface area contributed by atoms with Crippen molar-refractivity contribution in [2.24, 2.45) is 0 Å². The van der Waals surface area contributed by atoms with Crippen LogP contribution in [-0.4, -0.2) is 89.6 Å². The molecule has 1 aliphatic heterocycles. The Hall–Kier alpha value is -2.42. The maximum absolute atomic E-state index is 12.6. The highest BCUT2D eigenvalue weighted by atomic mass is 32.1. The third-order valence-electron chi connectivity index (χ3n) is 5.57. The second kappa shape index (κ2) is 8.50. The van der Waals surface area contributed by atoms with Gasteiger partial charge in [0.05, 0.1) is 11.1 Å². The Morgan fingerprint density at radius 2 is 1.53 bits per heavy atom. The van der Waals surface area contributed by atoms with Crippen LogP contribution in [0.1, 0.15) is 44.3 Å². The van der Waals surface area contributed by atoms with Crippen LogP contribution < -0.4 is 5.32 Å². The minimum atomic E-state index is -3.55. The molecule has 5 N–H and O–H groups in total. The van der Waals surface area contributed by atoms with Gasteiger partial charge in [-0.3, -0.25) is 24.0 Å². The standard InChI is InChI=1S/C19H24N2O10S/c1-7(22)12-6-20-16(32-12)21-15-18(29,10(4)25)19(30,11(5)26)17(28,9(3)24)14(31-15)13(27)8(2)23/h6,13-15,27-30H,1-5H3,(H,20,21)/t13?,14-,15-,17-,18-,19+/m1/s1. The van der Waals surface area contributed by atoms with Crippen LogP contribution in [0, 0.1) is 0 Å². The minimum absolute atomic E-state index is 0.102. The van der Waals surface area contributed by atoms with Gasteiger partial charge >= 0.3 is 0 Å². The second-order valence-corrected chi connectivity index (χ2v) is 8.66. The van der Waals surface area contributed by atoms with Crippen molar-refractivity contribution < 1.29 is 49.1 Å². The first kappa shape index (κ1) is 25.8. The summed E-state index contributed by atoms with van der Waals surface area (Å²) in [5, 5.41) is 46.6. The van der Waals surface area contributed by atoms with Crippen molar-refractivity contribution in [2.75, 3.05) is 5.32 Å². The van der Waals surface area contributed by atoms with Crippen molar-refractivity contribution in [1.82, 2.24) is 4.98 Å². The molecule has 1 fully saturated rings. The largest absolute Gasteiger partial charge is 0.382 e. The lowest BCUT2D eigenvalue weighted by Gasteiger charge is -2.58. The first-order valence-corrected chi connectivity index (χ1v) is 10.2. The fourth-order valence-corrected chi connectivity index (χ4v) is 4.46. The average molecular weight is 472 g/mol. The van der Waals surface area contributed by atoms with Crippen LogP contribution in [0.5, 0.6) is 0 Å². The van der Waals surface area contributed by atoms with Crippen molar-refractivity contribution in [3.05, 3.63) is 11.1 Å². The molecule has 176 valence electrons. The lowest BCUT2D eigenvalue weighted by molar-refractivity contribution is -0.322. The zero-order chi connectivity index (χ0) is 24.8. The number of Topliss-reactive ketones (excluding diaryl/α,β-unsaturated/α-hetero) is 5. The van der Waals surface area contributed by atoms with Crippen LogP contribution in [0.15, 0.2) is 6.20 Å². The van der Waals surface area contributed by atoms with E-state index in [2.05, 4.69) is 10.3 Å². The van der Waals surface area contributed by atoms with E-state index in [1.54, 1.807) is 0 Å². The van der Waals surface area contributed by atoms with Crippen LogP contribution in [-0.2, 0) is 23.9 Å². The normalized spacial score (nSPS) is 33.3. The Bertz CT molecular complexity index is 993. The third kappa shape index (κ3) is 3.50. The molecule has 1 aromatic rings. The highest BCUT2D eigenvalue weighted by molar-refractivity contribution is 7.17. The number of thiazole rings is 1. The van der Waals surface area contributed by atoms with Gasteiger partial charge in [0.25, 0.3) is 0 Å². The zero-order valence-electron chi connectivity index (χ0n) is 17.9. The number of aliphatic hydroxyl groups excluding tert-OH is 1. The molecule has 0 spiro atoms. The molecule has 1 unspecified atom stereocenters. The van der Waals surface area contributed by atoms with Gasteiger partial charge in [-0.15, -0.1) is 0 Å². The molecule has 0 aliphatic carbocycles. The fourth-order valence-electron chi connectivity index (χ4n) is 3.73. The molecule has 0 aromatic carbocycles. The van der Waals surface area contributed by atoms with Crippen molar-refractivity contribution in [2.45, 2.75) is 69.9 Å². The predicted molar refractivity (Wildman–Crippen MR) is 108 cm³/mol. The lowest BCUT2D eigenvalue weighted by Crippen LogP contribution is -2.88. The van der Waals surface area contributed by atoms with E-state index in [1.165, 1.54) is 13.1 Å². The summed E-state index contributed by atoms with van der Waals surface area (Å²) < 4.78 is 5.43. The van der Waals surface area contributed by atoms with E-state index in [-0.39, 0.29) is 15.8 Å². The van der Waals surface area contributed by atoms with Crippen LogP contribution in [0.3, 0.4) is 0 Å². The highest BCUT2D eigenvalue weighted by Gasteiger charge is 2.79. The SMILES string of the molecule is CC(=O)c1cnc(N[C@@H]2O[C@H](C(O)C(C)=O)[C@](O)(C(C)=O)[C@@](O)(C(C)=O)[C@@]2(O)C(C)=O)s1. The highest BCUT2D eigenvalue weighted by Crippen LogP contribution is 2.47. The molecule has 0 bridgehead atoms. The molecule has 1 saturated heterocycles. The Balaban J connectivity index is 2.79. The minimum Gasteiger partial charge on any atom is -0.382 e. The van der Waals surface area contributed by atoms with Crippen LogP contribution in [0.4, 0.5) is 5.13 Å². The van der Waals surface area contributed by atoms with Crippen molar-refractivity contribution in [3.63, 3.8) is 0 Å². The first-order valence-electron chi connectivity index (χ1n) is 9.34. The Morgan fingerprint density at radius 1 is 1.00 bits per heavy atom. The number of anilines is 1. The number of hydrogen-bond donors (Lipinski definition) is 5. The van der Waals surface area contributed by atoms with E-state index >= 15 is 0 Å². The molecular weight excluding hydrogens is 448 g/mol. The molecule has 0 saturated carbocycles. The third-order valence-corrected chi connectivity index (χ3v) is 6.60. The van der Waals surface area contributed by atoms with Gasteiger partial charge < -0.3 is 30.5 Å². The number of nitrogens with zero attached hydrogens (tertiary/aromatic N) is 1.